The van der Waals surface area contributed by atoms with Crippen LogP contribution >= 0.6 is 11.3 Å². The first-order chi connectivity index (χ1) is 9.65. The van der Waals surface area contributed by atoms with Crippen LogP contribution in [0.5, 0.6) is 0 Å². The van der Waals surface area contributed by atoms with Crippen LogP contribution in [0.15, 0.2) is 23.0 Å². The maximum absolute atomic E-state index is 12.1. The van der Waals surface area contributed by atoms with E-state index in [9.17, 15) is 14.9 Å². The van der Waals surface area contributed by atoms with Crippen molar-refractivity contribution in [2.75, 3.05) is 13.1 Å². The lowest BCUT2D eigenvalue weighted by Gasteiger charge is -2.22. The predicted molar refractivity (Wildman–Crippen MR) is 78.3 cm³/mol. The summed E-state index contributed by atoms with van der Waals surface area (Å²) in [6, 6.07) is 4.64. The van der Waals surface area contributed by atoms with E-state index in [-0.39, 0.29) is 10.6 Å². The number of nitrogens with one attached hydrogen (secondary N) is 1. The lowest BCUT2D eigenvalue weighted by atomic mass is 9.98. The highest BCUT2D eigenvalue weighted by Crippen LogP contribution is 2.24. The van der Waals surface area contributed by atoms with Gasteiger partial charge in [-0.3, -0.25) is 19.5 Å². The summed E-state index contributed by atoms with van der Waals surface area (Å²) in [5.74, 6) is 0.502. The molecule has 2 aromatic rings. The molecule has 20 heavy (non-hydrogen) atoms. The van der Waals surface area contributed by atoms with Crippen LogP contribution in [0.3, 0.4) is 0 Å². The summed E-state index contributed by atoms with van der Waals surface area (Å²) in [5, 5.41) is 14.1. The van der Waals surface area contributed by atoms with Crippen molar-refractivity contribution in [1.29, 1.82) is 0 Å². The summed E-state index contributed by atoms with van der Waals surface area (Å²) in [6.45, 7) is 2.69. The van der Waals surface area contributed by atoms with Crippen molar-refractivity contribution in [2.45, 2.75) is 19.4 Å². The zero-order chi connectivity index (χ0) is 14.1. The molecule has 3 rings (SSSR count). The van der Waals surface area contributed by atoms with Gasteiger partial charge in [-0.2, -0.15) is 0 Å². The Kier molecular flexibility index (Phi) is 3.54. The molecule has 1 aliphatic heterocycles. The van der Waals surface area contributed by atoms with Gasteiger partial charge < -0.3 is 5.32 Å². The van der Waals surface area contributed by atoms with E-state index in [1.807, 2.05) is 0 Å². The third-order valence-electron chi connectivity index (χ3n) is 3.76. The minimum atomic E-state index is -0.430. The number of piperidine rings is 1. The molecule has 0 bridgehead atoms. The van der Waals surface area contributed by atoms with Crippen LogP contribution in [0.2, 0.25) is 0 Å². The molecular formula is C13H15N3O3S. The second-order valence-corrected chi connectivity index (χ2v) is 6.07. The largest absolute Gasteiger partial charge is 0.317 e. The number of nitro benzene ring substituents is 1. The van der Waals surface area contributed by atoms with Crippen molar-refractivity contribution in [3.8, 4) is 0 Å². The highest BCUT2D eigenvalue weighted by atomic mass is 32.1. The lowest BCUT2D eigenvalue weighted by Crippen LogP contribution is -2.31. The fourth-order valence-corrected chi connectivity index (χ4v) is 3.60. The first-order valence-electron chi connectivity index (χ1n) is 6.63. The van der Waals surface area contributed by atoms with E-state index in [2.05, 4.69) is 5.32 Å². The van der Waals surface area contributed by atoms with Crippen LogP contribution in [-0.2, 0) is 6.54 Å². The average molecular weight is 293 g/mol. The molecule has 6 nitrogen and oxygen atoms in total. The van der Waals surface area contributed by atoms with E-state index in [1.165, 1.54) is 12.1 Å². The molecule has 1 aromatic carbocycles. The number of nitro groups is 1. The quantitative estimate of drug-likeness (QED) is 0.693. The average Bonchev–Trinajstić information content (AvgIpc) is 2.75. The Morgan fingerprint density at radius 2 is 2.15 bits per heavy atom. The molecule has 0 radical (unpaired) electrons. The van der Waals surface area contributed by atoms with E-state index in [1.54, 1.807) is 10.6 Å². The molecule has 1 aromatic heterocycles. The van der Waals surface area contributed by atoms with Crippen molar-refractivity contribution in [3.63, 3.8) is 0 Å². The number of nitrogens with zero attached hydrogens (tertiary/aromatic N) is 2. The Hall–Kier alpha value is -1.73. The van der Waals surface area contributed by atoms with E-state index < -0.39 is 4.92 Å². The number of non-ortho nitro benzene ring substituents is 1. The van der Waals surface area contributed by atoms with Crippen molar-refractivity contribution in [3.05, 3.63) is 38.0 Å². The molecule has 106 valence electrons. The van der Waals surface area contributed by atoms with Crippen LogP contribution in [-0.4, -0.2) is 22.6 Å². The number of fused-ring (bicyclic) bond motifs is 1. The van der Waals surface area contributed by atoms with Gasteiger partial charge in [-0.25, -0.2) is 0 Å². The summed E-state index contributed by atoms with van der Waals surface area (Å²) in [6.07, 6.45) is 2.13. The van der Waals surface area contributed by atoms with Gasteiger partial charge in [-0.05, 0) is 37.9 Å². The smallest absolute Gasteiger partial charge is 0.308 e. The number of thiazole rings is 1. The monoisotopic (exact) mass is 293 g/mol. The lowest BCUT2D eigenvalue weighted by molar-refractivity contribution is -0.384. The fraction of sp³-hybridized carbons (Fsp3) is 0.462. The molecule has 1 N–H and O–H groups in total. The van der Waals surface area contributed by atoms with Gasteiger partial charge in [-0.15, -0.1) is 0 Å². The van der Waals surface area contributed by atoms with Gasteiger partial charge in [0, 0.05) is 18.7 Å². The molecule has 0 amide bonds. The summed E-state index contributed by atoms with van der Waals surface area (Å²) in [4.78, 5) is 22.4. The minimum absolute atomic E-state index is 0.0287. The minimum Gasteiger partial charge on any atom is -0.317 e. The van der Waals surface area contributed by atoms with Gasteiger partial charge in [-0.1, -0.05) is 11.3 Å². The Morgan fingerprint density at radius 3 is 2.85 bits per heavy atom. The second-order valence-electron chi connectivity index (χ2n) is 5.08. The van der Waals surface area contributed by atoms with Crippen LogP contribution in [0.4, 0.5) is 5.69 Å². The normalized spacial score (nSPS) is 16.6. The Bertz CT molecular complexity index is 700. The van der Waals surface area contributed by atoms with Gasteiger partial charge in [0.1, 0.15) is 0 Å². The molecule has 7 heteroatoms. The first-order valence-corrected chi connectivity index (χ1v) is 7.45. The molecule has 0 atom stereocenters. The molecule has 0 aliphatic carbocycles. The molecule has 0 spiro atoms. The van der Waals surface area contributed by atoms with Crippen molar-refractivity contribution < 1.29 is 4.92 Å². The number of benzene rings is 1. The van der Waals surface area contributed by atoms with Crippen molar-refractivity contribution in [2.24, 2.45) is 5.92 Å². The van der Waals surface area contributed by atoms with Crippen LogP contribution < -0.4 is 10.2 Å². The second kappa shape index (κ2) is 5.34. The number of hydrogen-bond acceptors (Lipinski definition) is 5. The van der Waals surface area contributed by atoms with Gasteiger partial charge in [0.05, 0.1) is 15.1 Å². The van der Waals surface area contributed by atoms with Gasteiger partial charge in [0.15, 0.2) is 0 Å². The van der Waals surface area contributed by atoms with Crippen molar-refractivity contribution in [1.82, 2.24) is 9.88 Å². The Morgan fingerprint density at radius 1 is 1.40 bits per heavy atom. The van der Waals surface area contributed by atoms with Gasteiger partial charge in [0.2, 0.25) is 0 Å². The molecule has 1 saturated heterocycles. The molecule has 0 unspecified atom stereocenters. The molecule has 1 fully saturated rings. The fourth-order valence-electron chi connectivity index (χ4n) is 2.66. The van der Waals surface area contributed by atoms with E-state index >= 15 is 0 Å². The van der Waals surface area contributed by atoms with Crippen molar-refractivity contribution >= 4 is 27.2 Å². The van der Waals surface area contributed by atoms with E-state index in [0.717, 1.165) is 42.8 Å². The summed E-state index contributed by atoms with van der Waals surface area (Å²) in [7, 11) is 0. The third-order valence-corrected chi connectivity index (χ3v) is 4.70. The number of rotatable bonds is 3. The first kappa shape index (κ1) is 13.3. The van der Waals surface area contributed by atoms with Gasteiger partial charge >= 0.3 is 4.87 Å². The van der Waals surface area contributed by atoms with Crippen LogP contribution in [0, 0.1) is 16.0 Å². The molecule has 0 saturated carbocycles. The Labute approximate surface area is 119 Å². The Balaban J connectivity index is 1.96. The van der Waals surface area contributed by atoms with Gasteiger partial charge in [0.25, 0.3) is 5.69 Å². The number of aromatic nitrogens is 1. The maximum Gasteiger partial charge on any atom is 0.308 e. The maximum atomic E-state index is 12.1. The SMILES string of the molecule is O=c1sc2cc([N+](=O)[O-])ccc2n1CC1CCNCC1. The topological polar surface area (TPSA) is 77.2 Å². The standard InChI is InChI=1S/C13H15N3O3S/c17-13-15(8-9-3-5-14-6-4-9)11-2-1-10(16(18)19)7-12(11)20-13/h1-2,7,9,14H,3-6,8H2. The van der Waals surface area contributed by atoms with Crippen LogP contribution in [0.25, 0.3) is 10.2 Å². The number of hydrogen-bond donors (Lipinski definition) is 1. The summed E-state index contributed by atoms with van der Waals surface area (Å²) in [5.41, 5.74) is 0.844. The third kappa shape index (κ3) is 2.46. The van der Waals surface area contributed by atoms with Crippen LogP contribution in [0.1, 0.15) is 12.8 Å². The predicted octanol–water partition coefficient (Wildman–Crippen LogP) is 1.97. The van der Waals surface area contributed by atoms with E-state index in [4.69, 9.17) is 0 Å². The zero-order valence-electron chi connectivity index (χ0n) is 10.9. The summed E-state index contributed by atoms with van der Waals surface area (Å²) < 4.78 is 2.46. The molecule has 2 heterocycles. The molecular weight excluding hydrogens is 278 g/mol. The highest BCUT2D eigenvalue weighted by Gasteiger charge is 2.18. The zero-order valence-corrected chi connectivity index (χ0v) is 11.7. The van der Waals surface area contributed by atoms with E-state index in [0.29, 0.717) is 17.2 Å². The summed E-state index contributed by atoms with van der Waals surface area (Å²) >= 11 is 1.09. The molecule has 1 aliphatic rings. The highest BCUT2D eigenvalue weighted by molar-refractivity contribution is 7.16.